The number of aromatic nitrogens is 3. The van der Waals surface area contributed by atoms with E-state index in [1.165, 1.54) is 18.3 Å². The third-order valence-corrected chi connectivity index (χ3v) is 8.30. The molecule has 0 saturated carbocycles. The number of sulfonamides is 1. The summed E-state index contributed by atoms with van der Waals surface area (Å²) in [6, 6.07) is 6.07. The first-order chi connectivity index (χ1) is 13.5. The third kappa shape index (κ3) is 2.95. The number of benzene rings is 1. The van der Waals surface area contributed by atoms with Crippen molar-refractivity contribution in [1.29, 1.82) is 0 Å². The maximum absolute atomic E-state index is 13.3. The highest BCUT2D eigenvalue weighted by atomic mass is 32.2. The number of rotatable bonds is 4. The first-order valence-corrected chi connectivity index (χ1v) is 10.7. The Morgan fingerprint density at radius 2 is 1.76 bits per heavy atom. The van der Waals surface area contributed by atoms with Gasteiger partial charge >= 0.3 is 0 Å². The van der Waals surface area contributed by atoms with Crippen LogP contribution in [-0.2, 0) is 10.0 Å². The number of hydrogen-bond donors (Lipinski definition) is 3. The molecule has 4 heterocycles. The lowest BCUT2D eigenvalue weighted by atomic mass is 9.82. The molecule has 1 amide bonds. The molecule has 1 aromatic heterocycles. The zero-order valence-electron chi connectivity index (χ0n) is 15.5. The highest BCUT2D eigenvalue weighted by Crippen LogP contribution is 2.51. The number of carbonyl (C=O) groups excluding carboxylic acids is 1. The van der Waals surface area contributed by atoms with E-state index in [0.717, 1.165) is 18.3 Å². The van der Waals surface area contributed by atoms with Crippen LogP contribution in [-0.4, -0.2) is 74.8 Å². The lowest BCUT2D eigenvalue weighted by Gasteiger charge is -2.26. The number of fused-ring (bicyclic) bond motifs is 5. The molecular weight excluding hydrogens is 400 g/mol. The molecule has 3 aliphatic heterocycles. The van der Waals surface area contributed by atoms with Crippen molar-refractivity contribution in [2.75, 3.05) is 13.1 Å². The van der Waals surface area contributed by atoms with Gasteiger partial charge in [0.15, 0.2) is 11.4 Å². The van der Waals surface area contributed by atoms with E-state index in [2.05, 4.69) is 15.4 Å². The summed E-state index contributed by atoms with van der Waals surface area (Å²) in [4.78, 5) is 14.6. The molecule has 3 saturated heterocycles. The fourth-order valence-corrected chi connectivity index (χ4v) is 7.11. The van der Waals surface area contributed by atoms with Gasteiger partial charge in [-0.3, -0.25) is 4.79 Å². The molecule has 3 aliphatic rings. The Bertz CT molecular complexity index is 976. The predicted octanol–water partition coefficient (Wildman–Crippen LogP) is -1.51. The summed E-state index contributed by atoms with van der Waals surface area (Å²) in [7, 11) is -3.62. The van der Waals surface area contributed by atoms with Gasteiger partial charge in [0.25, 0.3) is 5.91 Å². The minimum atomic E-state index is -3.62. The summed E-state index contributed by atoms with van der Waals surface area (Å²) >= 11 is 0. The van der Waals surface area contributed by atoms with Gasteiger partial charge in [0.1, 0.15) is 0 Å². The topological polar surface area (TPSA) is 168 Å². The Hall–Kier alpha value is -2.38. The van der Waals surface area contributed by atoms with Crippen LogP contribution in [0, 0.1) is 11.8 Å². The number of hydrogen-bond acceptors (Lipinski definition) is 6. The van der Waals surface area contributed by atoms with Crippen molar-refractivity contribution in [1.82, 2.24) is 24.6 Å². The molecule has 6 N–H and O–H groups in total. The van der Waals surface area contributed by atoms with Crippen molar-refractivity contribution in [3.8, 4) is 0 Å². The molecule has 2 aromatic rings. The fourth-order valence-electron chi connectivity index (χ4n) is 5.15. The van der Waals surface area contributed by atoms with Crippen LogP contribution in [0.4, 0.5) is 5.69 Å². The zero-order chi connectivity index (χ0) is 19.5. The molecule has 4 atom stereocenters. The summed E-state index contributed by atoms with van der Waals surface area (Å²) in [5.74, 6) is 0.136. The first kappa shape index (κ1) is 19.9. The number of H-pyrrole nitrogens is 1. The Morgan fingerprint density at radius 3 is 2.28 bits per heavy atom. The van der Waals surface area contributed by atoms with Gasteiger partial charge in [0.05, 0.1) is 11.1 Å². The van der Waals surface area contributed by atoms with Crippen molar-refractivity contribution in [3.63, 3.8) is 0 Å². The van der Waals surface area contributed by atoms with E-state index in [9.17, 15) is 13.2 Å². The summed E-state index contributed by atoms with van der Waals surface area (Å²) in [6.45, 7) is 1.09. The largest absolute Gasteiger partial charge is 0.412 e. The Kier molecular flexibility index (Phi) is 4.91. The van der Waals surface area contributed by atoms with E-state index in [4.69, 9.17) is 5.21 Å². The van der Waals surface area contributed by atoms with Gasteiger partial charge in [-0.1, -0.05) is 0 Å². The lowest BCUT2D eigenvalue weighted by molar-refractivity contribution is -0.825. The van der Waals surface area contributed by atoms with Gasteiger partial charge in [-0.05, 0) is 36.8 Å². The van der Waals surface area contributed by atoms with Crippen LogP contribution in [0.2, 0.25) is 0 Å². The molecule has 0 spiro atoms. The Morgan fingerprint density at radius 1 is 1.14 bits per heavy atom. The second-order valence-corrected chi connectivity index (χ2v) is 9.48. The van der Waals surface area contributed by atoms with Crippen molar-refractivity contribution >= 4 is 21.6 Å². The number of nitrogens with two attached hydrogens (primary N) is 1. The predicted molar refractivity (Wildman–Crippen MR) is 98.5 cm³/mol. The maximum atomic E-state index is 13.3. The van der Waals surface area contributed by atoms with Crippen LogP contribution in [0.25, 0.3) is 0 Å². The highest BCUT2D eigenvalue weighted by molar-refractivity contribution is 7.89. The Labute approximate surface area is 167 Å². The SMILES string of the molecule is O.O=C(c1cn[nH]n1)N1C[C@@H]2[C@H](C1)[C@H]1CC[C@@H]2N1S(=O)(=O)c1ccc([NH2+]O)cc1. The second-order valence-electron chi connectivity index (χ2n) is 7.64. The van der Waals surface area contributed by atoms with Crippen molar-refractivity contribution in [2.45, 2.75) is 29.8 Å². The molecule has 1 aromatic carbocycles. The van der Waals surface area contributed by atoms with Gasteiger partial charge < -0.3 is 10.4 Å². The van der Waals surface area contributed by atoms with E-state index in [1.807, 2.05) is 0 Å². The molecule has 29 heavy (non-hydrogen) atoms. The molecular formula is C17H23N6O5S+. The van der Waals surface area contributed by atoms with Crippen molar-refractivity contribution < 1.29 is 29.4 Å². The second kappa shape index (κ2) is 7.15. The number of amides is 1. The number of nitrogens with one attached hydrogen (secondary N) is 1. The monoisotopic (exact) mass is 423 g/mol. The molecule has 11 nitrogen and oxygen atoms in total. The van der Waals surface area contributed by atoms with Crippen LogP contribution >= 0.6 is 0 Å². The number of quaternary nitrogens is 1. The maximum Gasteiger partial charge on any atom is 0.276 e. The molecule has 3 fully saturated rings. The minimum Gasteiger partial charge on any atom is -0.412 e. The van der Waals surface area contributed by atoms with E-state index in [-0.39, 0.29) is 45.9 Å². The summed E-state index contributed by atoms with van der Waals surface area (Å²) in [5, 5.41) is 19.1. The van der Waals surface area contributed by atoms with Crippen LogP contribution in [0.5, 0.6) is 0 Å². The first-order valence-electron chi connectivity index (χ1n) is 9.27. The molecule has 0 aliphatic carbocycles. The van der Waals surface area contributed by atoms with Gasteiger partial charge in [0.2, 0.25) is 10.0 Å². The Balaban J connectivity index is 0.00000205. The standard InChI is InChI=1S/C17H20N6O4S.H2O/c24-17(14-7-18-21-19-14)22-8-12-13(9-22)16-6-5-15(12)23(16)28(26,27)11-3-1-10(20-25)2-4-11;/h1-4,7,12-13,15-16,20,25H,5-6,8-9H2,(H,18,19,21);1H2/p+1/t12-,13+,15+,16-;. The molecule has 12 heteroatoms. The van der Waals surface area contributed by atoms with Crippen LogP contribution in [0.15, 0.2) is 35.4 Å². The average molecular weight is 423 g/mol. The number of carbonyl (C=O) groups is 1. The van der Waals surface area contributed by atoms with E-state index < -0.39 is 10.0 Å². The normalized spacial score (nSPS) is 28.4. The minimum absolute atomic E-state index is 0. The average Bonchev–Trinajstić information content (AvgIpc) is 3.48. The van der Waals surface area contributed by atoms with Gasteiger partial charge in [0, 0.05) is 37.3 Å². The molecule has 0 radical (unpaired) electrons. The summed E-state index contributed by atoms with van der Waals surface area (Å²) < 4.78 is 28.2. The van der Waals surface area contributed by atoms with Crippen LogP contribution < -0.4 is 5.48 Å². The van der Waals surface area contributed by atoms with Gasteiger partial charge in [-0.25, -0.2) is 13.6 Å². The zero-order valence-corrected chi connectivity index (χ0v) is 16.3. The van der Waals surface area contributed by atoms with Crippen molar-refractivity contribution in [2.24, 2.45) is 11.8 Å². The van der Waals surface area contributed by atoms with Crippen molar-refractivity contribution in [3.05, 3.63) is 36.2 Å². The molecule has 0 unspecified atom stereocenters. The molecule has 2 bridgehead atoms. The smallest absolute Gasteiger partial charge is 0.276 e. The van der Waals surface area contributed by atoms with Crippen LogP contribution in [0.1, 0.15) is 23.3 Å². The van der Waals surface area contributed by atoms with E-state index in [1.54, 1.807) is 21.3 Å². The fraction of sp³-hybridized carbons (Fsp3) is 0.471. The summed E-state index contributed by atoms with van der Waals surface area (Å²) in [5.41, 5.74) is 1.79. The number of nitrogens with zero attached hydrogens (tertiary/aromatic N) is 4. The van der Waals surface area contributed by atoms with Crippen LogP contribution in [0.3, 0.4) is 0 Å². The van der Waals surface area contributed by atoms with Gasteiger partial charge in [-0.2, -0.15) is 25.2 Å². The number of aromatic amines is 1. The highest BCUT2D eigenvalue weighted by Gasteiger charge is 2.60. The third-order valence-electron chi connectivity index (χ3n) is 6.34. The quantitative estimate of drug-likeness (QED) is 0.399. The molecule has 156 valence electrons. The number of likely N-dealkylation sites (tertiary alicyclic amines) is 1. The van der Waals surface area contributed by atoms with E-state index in [0.29, 0.717) is 18.8 Å². The summed E-state index contributed by atoms with van der Waals surface area (Å²) in [6.07, 6.45) is 3.05. The molecule has 5 rings (SSSR count). The lowest BCUT2D eigenvalue weighted by Crippen LogP contribution is -2.73. The van der Waals surface area contributed by atoms with E-state index >= 15 is 0 Å². The van der Waals surface area contributed by atoms with Gasteiger partial charge in [-0.15, -0.1) is 0 Å².